The number of aryl methyl sites for hydroxylation is 1. The van der Waals surface area contributed by atoms with Crippen LogP contribution < -0.4 is 19.5 Å². The number of carbonyl (C=O) groups excluding carboxylic acids is 1. The van der Waals surface area contributed by atoms with Crippen LogP contribution in [0.5, 0.6) is 17.2 Å². The lowest BCUT2D eigenvalue weighted by molar-refractivity contribution is 0.0950. The lowest BCUT2D eigenvalue weighted by Gasteiger charge is -2.14. The molecule has 0 aliphatic rings. The van der Waals surface area contributed by atoms with E-state index in [9.17, 15) is 4.79 Å². The monoisotopic (exact) mass is 414 g/mol. The third kappa shape index (κ3) is 4.40. The molecule has 0 saturated heterocycles. The minimum Gasteiger partial charge on any atom is -0.496 e. The standard InChI is InChI=1S/C22H26N2O4S/c1-14-9-18(15(2)24(14)13-17-7-6-8-29-17)22(25)23-12-16-10-20(27-4)21(28-5)11-19(16)26-3/h6-11H,12-13H2,1-5H3,(H,23,25). The molecule has 6 nitrogen and oxygen atoms in total. The van der Waals surface area contributed by atoms with Crippen molar-refractivity contribution in [3.63, 3.8) is 0 Å². The van der Waals surface area contributed by atoms with E-state index in [0.29, 0.717) is 29.4 Å². The van der Waals surface area contributed by atoms with Crippen molar-refractivity contribution in [2.45, 2.75) is 26.9 Å². The molecular weight excluding hydrogens is 388 g/mol. The zero-order valence-electron chi connectivity index (χ0n) is 17.4. The zero-order chi connectivity index (χ0) is 21.0. The summed E-state index contributed by atoms with van der Waals surface area (Å²) >= 11 is 1.71. The summed E-state index contributed by atoms with van der Waals surface area (Å²) in [6.45, 7) is 5.09. The van der Waals surface area contributed by atoms with Crippen LogP contribution in [0.2, 0.25) is 0 Å². The largest absolute Gasteiger partial charge is 0.496 e. The Balaban J connectivity index is 1.78. The van der Waals surface area contributed by atoms with Gasteiger partial charge in [0, 0.05) is 34.4 Å². The van der Waals surface area contributed by atoms with Gasteiger partial charge in [0.05, 0.1) is 33.4 Å². The molecule has 0 aliphatic carbocycles. The van der Waals surface area contributed by atoms with Crippen LogP contribution in [-0.4, -0.2) is 31.8 Å². The normalized spacial score (nSPS) is 10.7. The van der Waals surface area contributed by atoms with Gasteiger partial charge in [0.25, 0.3) is 5.91 Å². The summed E-state index contributed by atoms with van der Waals surface area (Å²) in [7, 11) is 4.74. The van der Waals surface area contributed by atoms with Gasteiger partial charge < -0.3 is 24.1 Å². The maximum atomic E-state index is 12.9. The summed E-state index contributed by atoms with van der Waals surface area (Å²) in [6, 6.07) is 9.65. The molecule has 154 valence electrons. The minimum absolute atomic E-state index is 0.118. The van der Waals surface area contributed by atoms with Gasteiger partial charge in [-0.1, -0.05) is 6.07 Å². The van der Waals surface area contributed by atoms with Gasteiger partial charge in [-0.3, -0.25) is 4.79 Å². The van der Waals surface area contributed by atoms with E-state index < -0.39 is 0 Å². The van der Waals surface area contributed by atoms with Crippen LogP contribution in [-0.2, 0) is 13.1 Å². The first-order valence-electron chi connectivity index (χ1n) is 9.24. The van der Waals surface area contributed by atoms with Crippen molar-refractivity contribution in [2.75, 3.05) is 21.3 Å². The number of hydrogen-bond acceptors (Lipinski definition) is 5. The third-order valence-corrected chi connectivity index (χ3v) is 5.80. The second-order valence-electron chi connectivity index (χ2n) is 6.65. The van der Waals surface area contributed by atoms with Gasteiger partial charge in [-0.2, -0.15) is 0 Å². The molecule has 0 fully saturated rings. The van der Waals surface area contributed by atoms with Gasteiger partial charge in [0.2, 0.25) is 0 Å². The van der Waals surface area contributed by atoms with Crippen LogP contribution in [0.15, 0.2) is 35.7 Å². The fourth-order valence-corrected chi connectivity index (χ4v) is 4.03. The molecule has 0 bridgehead atoms. The second kappa shape index (κ2) is 9.05. The van der Waals surface area contributed by atoms with Crippen LogP contribution in [0.1, 0.15) is 32.2 Å². The molecule has 7 heteroatoms. The Bertz CT molecular complexity index is 993. The van der Waals surface area contributed by atoms with Gasteiger partial charge in [0.15, 0.2) is 11.5 Å². The van der Waals surface area contributed by atoms with E-state index >= 15 is 0 Å². The van der Waals surface area contributed by atoms with E-state index in [1.807, 2.05) is 32.0 Å². The number of aromatic nitrogens is 1. The van der Waals surface area contributed by atoms with E-state index in [4.69, 9.17) is 14.2 Å². The molecule has 0 atom stereocenters. The number of nitrogens with one attached hydrogen (secondary N) is 1. The molecular formula is C22H26N2O4S. The summed E-state index contributed by atoms with van der Waals surface area (Å²) in [4.78, 5) is 14.1. The highest BCUT2D eigenvalue weighted by Gasteiger charge is 2.18. The topological polar surface area (TPSA) is 61.7 Å². The molecule has 1 amide bonds. The Kier molecular flexibility index (Phi) is 6.49. The van der Waals surface area contributed by atoms with Gasteiger partial charge >= 0.3 is 0 Å². The number of nitrogens with zero attached hydrogens (tertiary/aromatic N) is 1. The molecule has 3 aromatic rings. The first-order chi connectivity index (χ1) is 14.0. The van der Waals surface area contributed by atoms with E-state index in [1.54, 1.807) is 38.7 Å². The van der Waals surface area contributed by atoms with Crippen molar-refractivity contribution in [1.82, 2.24) is 9.88 Å². The van der Waals surface area contributed by atoms with Gasteiger partial charge in [0.1, 0.15) is 5.75 Å². The summed E-state index contributed by atoms with van der Waals surface area (Å²) in [5.41, 5.74) is 3.50. The van der Waals surface area contributed by atoms with Crippen LogP contribution in [0.4, 0.5) is 0 Å². The Morgan fingerprint density at radius 3 is 2.34 bits per heavy atom. The fraction of sp³-hybridized carbons (Fsp3) is 0.318. The number of carbonyl (C=O) groups is 1. The van der Waals surface area contributed by atoms with Crippen molar-refractivity contribution in [2.24, 2.45) is 0 Å². The maximum Gasteiger partial charge on any atom is 0.253 e. The Labute approximate surface area is 175 Å². The average molecular weight is 415 g/mol. The summed E-state index contributed by atoms with van der Waals surface area (Å²) < 4.78 is 18.3. The summed E-state index contributed by atoms with van der Waals surface area (Å²) in [5, 5.41) is 5.06. The predicted molar refractivity (Wildman–Crippen MR) is 115 cm³/mol. The predicted octanol–water partition coefficient (Wildman–Crippen LogP) is 4.17. The quantitative estimate of drug-likeness (QED) is 0.601. The molecule has 3 rings (SSSR count). The van der Waals surface area contributed by atoms with E-state index in [-0.39, 0.29) is 5.91 Å². The molecule has 1 aromatic carbocycles. The number of thiophene rings is 1. The molecule has 2 aromatic heterocycles. The molecule has 0 saturated carbocycles. The number of ether oxygens (including phenoxy) is 3. The van der Waals surface area contributed by atoms with Crippen molar-refractivity contribution >= 4 is 17.2 Å². The fourth-order valence-electron chi connectivity index (χ4n) is 3.33. The van der Waals surface area contributed by atoms with Crippen LogP contribution in [0, 0.1) is 13.8 Å². The number of benzene rings is 1. The highest BCUT2D eigenvalue weighted by molar-refractivity contribution is 7.09. The SMILES string of the molecule is COc1cc(OC)c(OC)cc1CNC(=O)c1cc(C)n(Cc2cccs2)c1C. The number of amides is 1. The van der Waals surface area contributed by atoms with E-state index in [0.717, 1.165) is 23.5 Å². The summed E-state index contributed by atoms with van der Waals surface area (Å²) in [6.07, 6.45) is 0. The van der Waals surface area contributed by atoms with Gasteiger partial charge in [-0.15, -0.1) is 11.3 Å². The van der Waals surface area contributed by atoms with Crippen molar-refractivity contribution in [3.8, 4) is 17.2 Å². The number of rotatable bonds is 8. The Hall–Kier alpha value is -2.93. The average Bonchev–Trinajstić information content (AvgIpc) is 3.35. The Morgan fingerprint density at radius 2 is 1.72 bits per heavy atom. The van der Waals surface area contributed by atoms with Crippen LogP contribution in [0.3, 0.4) is 0 Å². The zero-order valence-corrected chi connectivity index (χ0v) is 18.2. The van der Waals surface area contributed by atoms with Crippen LogP contribution >= 0.6 is 11.3 Å². The van der Waals surface area contributed by atoms with Gasteiger partial charge in [-0.05, 0) is 37.4 Å². The van der Waals surface area contributed by atoms with Crippen molar-refractivity contribution in [3.05, 3.63) is 63.1 Å². The molecule has 2 heterocycles. The molecule has 0 unspecified atom stereocenters. The lowest BCUT2D eigenvalue weighted by Crippen LogP contribution is -2.23. The Morgan fingerprint density at radius 1 is 1.03 bits per heavy atom. The number of hydrogen-bond donors (Lipinski definition) is 1. The highest BCUT2D eigenvalue weighted by Crippen LogP contribution is 2.34. The third-order valence-electron chi connectivity index (χ3n) is 4.94. The first-order valence-corrected chi connectivity index (χ1v) is 10.1. The summed E-state index contributed by atoms with van der Waals surface area (Å²) in [5.74, 6) is 1.68. The minimum atomic E-state index is -0.118. The molecule has 0 aliphatic heterocycles. The second-order valence-corrected chi connectivity index (χ2v) is 7.68. The smallest absolute Gasteiger partial charge is 0.253 e. The lowest BCUT2D eigenvalue weighted by atomic mass is 10.1. The van der Waals surface area contributed by atoms with Gasteiger partial charge in [-0.25, -0.2) is 0 Å². The first kappa shape index (κ1) is 20.8. The highest BCUT2D eigenvalue weighted by atomic mass is 32.1. The van der Waals surface area contributed by atoms with Crippen LogP contribution in [0.25, 0.3) is 0 Å². The number of methoxy groups -OCH3 is 3. The molecule has 0 radical (unpaired) electrons. The molecule has 29 heavy (non-hydrogen) atoms. The van der Waals surface area contributed by atoms with Crippen molar-refractivity contribution < 1.29 is 19.0 Å². The molecule has 0 spiro atoms. The van der Waals surface area contributed by atoms with E-state index in [2.05, 4.69) is 21.3 Å². The maximum absolute atomic E-state index is 12.9. The molecule has 1 N–H and O–H groups in total. The van der Waals surface area contributed by atoms with Crippen molar-refractivity contribution in [1.29, 1.82) is 0 Å². The van der Waals surface area contributed by atoms with E-state index in [1.165, 1.54) is 4.88 Å².